The molecule has 0 heterocycles. The quantitative estimate of drug-likeness (QED) is 0.700. The second kappa shape index (κ2) is 8.41. The zero-order chi connectivity index (χ0) is 15.2. The van der Waals surface area contributed by atoms with E-state index >= 15 is 0 Å². The third-order valence-electron chi connectivity index (χ3n) is 2.86. The van der Waals surface area contributed by atoms with Gasteiger partial charge in [-0.15, -0.1) is 11.8 Å². The summed E-state index contributed by atoms with van der Waals surface area (Å²) in [5.41, 5.74) is 1.23. The van der Waals surface area contributed by atoms with E-state index in [0.29, 0.717) is 11.8 Å². The summed E-state index contributed by atoms with van der Waals surface area (Å²) in [6.07, 6.45) is 2.38. The predicted octanol–water partition coefficient (Wildman–Crippen LogP) is 3.65. The van der Waals surface area contributed by atoms with Gasteiger partial charge < -0.3 is 5.32 Å². The molecule has 0 spiro atoms. The summed E-state index contributed by atoms with van der Waals surface area (Å²) in [5, 5.41) is 3.46. The van der Waals surface area contributed by atoms with E-state index in [1.54, 1.807) is 11.8 Å². The van der Waals surface area contributed by atoms with Crippen molar-refractivity contribution in [2.45, 2.75) is 31.2 Å². The van der Waals surface area contributed by atoms with Crippen LogP contribution in [0.2, 0.25) is 0 Å². The van der Waals surface area contributed by atoms with E-state index in [9.17, 15) is 8.42 Å². The minimum Gasteiger partial charge on any atom is -0.310 e. The highest BCUT2D eigenvalue weighted by atomic mass is 79.9. The van der Waals surface area contributed by atoms with Crippen molar-refractivity contribution in [3.63, 3.8) is 0 Å². The highest BCUT2D eigenvalue weighted by Gasteiger charge is 2.10. The maximum atomic E-state index is 11.1. The normalized spacial score (nSPS) is 13.4. The van der Waals surface area contributed by atoms with Crippen molar-refractivity contribution in [3.8, 4) is 0 Å². The molecule has 1 N–H and O–H groups in total. The third kappa shape index (κ3) is 6.61. The molecule has 3 nitrogen and oxygen atoms in total. The number of sulfone groups is 1. The van der Waals surface area contributed by atoms with Crippen LogP contribution in [0, 0.1) is 0 Å². The molecular formula is C14H22BrNO2S2. The Labute approximate surface area is 135 Å². The van der Waals surface area contributed by atoms with Crippen LogP contribution in [-0.4, -0.2) is 32.7 Å². The number of nitrogens with one attached hydrogen (secondary N) is 1. The molecule has 0 bridgehead atoms. The highest BCUT2D eigenvalue weighted by molar-refractivity contribution is 9.10. The second-order valence-electron chi connectivity index (χ2n) is 4.84. The Morgan fingerprint density at radius 1 is 1.40 bits per heavy atom. The number of hydrogen-bond acceptors (Lipinski definition) is 4. The Morgan fingerprint density at radius 3 is 2.65 bits per heavy atom. The fourth-order valence-electron chi connectivity index (χ4n) is 1.73. The van der Waals surface area contributed by atoms with Crippen LogP contribution in [-0.2, 0) is 9.84 Å². The maximum absolute atomic E-state index is 11.1. The first-order valence-electron chi connectivity index (χ1n) is 6.67. The monoisotopic (exact) mass is 379 g/mol. The average Bonchev–Trinajstić information content (AvgIpc) is 2.34. The van der Waals surface area contributed by atoms with E-state index in [4.69, 9.17) is 0 Å². The van der Waals surface area contributed by atoms with Crippen LogP contribution in [0.5, 0.6) is 0 Å². The van der Waals surface area contributed by atoms with E-state index in [1.165, 1.54) is 11.8 Å². The molecule has 1 aromatic rings. The Kier molecular flexibility index (Phi) is 7.58. The van der Waals surface area contributed by atoms with Gasteiger partial charge in [0.15, 0.2) is 0 Å². The zero-order valence-electron chi connectivity index (χ0n) is 12.1. The molecule has 6 heteroatoms. The second-order valence-corrected chi connectivity index (χ2v) is 9.12. The van der Waals surface area contributed by atoms with Crippen molar-refractivity contribution < 1.29 is 8.42 Å². The first-order chi connectivity index (χ1) is 9.33. The van der Waals surface area contributed by atoms with Crippen molar-refractivity contribution >= 4 is 37.5 Å². The van der Waals surface area contributed by atoms with E-state index in [1.807, 2.05) is 0 Å². The van der Waals surface area contributed by atoms with Crippen LogP contribution in [0.4, 0.5) is 0 Å². The molecule has 1 rings (SSSR count). The van der Waals surface area contributed by atoms with Crippen LogP contribution in [0.15, 0.2) is 27.6 Å². The Balaban J connectivity index is 2.63. The minimum atomic E-state index is -2.88. The molecule has 1 unspecified atom stereocenters. The van der Waals surface area contributed by atoms with E-state index < -0.39 is 9.84 Å². The molecule has 1 atom stereocenters. The largest absolute Gasteiger partial charge is 0.310 e. The summed E-state index contributed by atoms with van der Waals surface area (Å²) in [5.74, 6) is 0.805. The number of rotatable bonds is 8. The smallest absolute Gasteiger partial charge is 0.148 e. The lowest BCUT2D eigenvalue weighted by atomic mass is 10.1. The Hall–Kier alpha value is -0.0400. The molecule has 1 aromatic carbocycles. The Bertz CT molecular complexity index is 532. The summed E-state index contributed by atoms with van der Waals surface area (Å²) >= 11 is 5.17. The third-order valence-corrected chi connectivity index (χ3v) is 5.75. The molecule has 0 saturated carbocycles. The molecule has 0 radical (unpaired) electrons. The number of halogens is 1. The molecule has 0 aromatic heterocycles. The number of benzene rings is 1. The van der Waals surface area contributed by atoms with Gasteiger partial charge in [0.25, 0.3) is 0 Å². The van der Waals surface area contributed by atoms with Crippen molar-refractivity contribution in [1.82, 2.24) is 5.32 Å². The summed E-state index contributed by atoms with van der Waals surface area (Å²) in [6, 6.07) is 6.52. The van der Waals surface area contributed by atoms with Gasteiger partial charge in [-0.05, 0) is 37.6 Å². The summed E-state index contributed by atoms with van der Waals surface area (Å²) in [6.45, 7) is 5.29. The van der Waals surface area contributed by atoms with Crippen molar-refractivity contribution in [2.75, 3.05) is 24.3 Å². The zero-order valence-corrected chi connectivity index (χ0v) is 15.4. The lowest BCUT2D eigenvalue weighted by Gasteiger charge is -2.16. The van der Waals surface area contributed by atoms with Crippen LogP contribution >= 0.6 is 27.7 Å². The Morgan fingerprint density at radius 2 is 2.10 bits per heavy atom. The predicted molar refractivity (Wildman–Crippen MR) is 91.3 cm³/mol. The molecule has 0 aliphatic carbocycles. The van der Waals surface area contributed by atoms with E-state index in [0.717, 1.165) is 22.3 Å². The number of thioether (sulfide) groups is 1. The van der Waals surface area contributed by atoms with Gasteiger partial charge in [0.2, 0.25) is 0 Å². The van der Waals surface area contributed by atoms with Gasteiger partial charge >= 0.3 is 0 Å². The average molecular weight is 380 g/mol. The summed E-state index contributed by atoms with van der Waals surface area (Å²) < 4.78 is 23.3. The standard InChI is InChI=1S/C14H22BrNO2S2/c1-4-7-16-11(2)13-6-5-12(10-14(13)15)19-8-9-20(3,17)18/h5-6,10-11,16H,4,7-9H2,1-3H3. The minimum absolute atomic E-state index is 0.214. The van der Waals surface area contributed by atoms with Crippen LogP contribution in [0.3, 0.4) is 0 Å². The molecule has 20 heavy (non-hydrogen) atoms. The fraction of sp³-hybridized carbons (Fsp3) is 0.571. The lowest BCUT2D eigenvalue weighted by Crippen LogP contribution is -2.19. The lowest BCUT2D eigenvalue weighted by molar-refractivity contribution is 0.568. The van der Waals surface area contributed by atoms with E-state index in [2.05, 4.69) is 53.3 Å². The van der Waals surface area contributed by atoms with Gasteiger partial charge in [0.05, 0.1) is 5.75 Å². The maximum Gasteiger partial charge on any atom is 0.148 e. The molecular weight excluding hydrogens is 358 g/mol. The SMILES string of the molecule is CCCNC(C)c1ccc(SCCS(C)(=O)=O)cc1Br. The first kappa shape index (κ1) is 18.0. The van der Waals surface area contributed by atoms with Crippen molar-refractivity contribution in [1.29, 1.82) is 0 Å². The summed E-state index contributed by atoms with van der Waals surface area (Å²) in [7, 11) is -2.88. The van der Waals surface area contributed by atoms with Crippen molar-refractivity contribution in [3.05, 3.63) is 28.2 Å². The van der Waals surface area contributed by atoms with Crippen LogP contribution in [0.1, 0.15) is 31.9 Å². The highest BCUT2D eigenvalue weighted by Crippen LogP contribution is 2.29. The van der Waals surface area contributed by atoms with Gasteiger partial charge in [-0.3, -0.25) is 0 Å². The molecule has 0 saturated heterocycles. The molecule has 0 aliphatic heterocycles. The van der Waals surface area contributed by atoms with Gasteiger partial charge in [-0.1, -0.05) is 28.9 Å². The van der Waals surface area contributed by atoms with Crippen molar-refractivity contribution in [2.24, 2.45) is 0 Å². The molecule has 114 valence electrons. The number of hydrogen-bond donors (Lipinski definition) is 1. The first-order valence-corrected chi connectivity index (χ1v) is 10.5. The van der Waals surface area contributed by atoms with Gasteiger partial charge in [0, 0.05) is 27.4 Å². The fourth-order valence-corrected chi connectivity index (χ4v) is 4.75. The van der Waals surface area contributed by atoms with Crippen LogP contribution in [0.25, 0.3) is 0 Å². The van der Waals surface area contributed by atoms with Gasteiger partial charge in [-0.2, -0.15) is 0 Å². The van der Waals surface area contributed by atoms with Crippen LogP contribution < -0.4 is 5.32 Å². The molecule has 0 fully saturated rings. The molecule has 0 aliphatic rings. The molecule has 0 amide bonds. The topological polar surface area (TPSA) is 46.2 Å². The van der Waals surface area contributed by atoms with Gasteiger partial charge in [-0.25, -0.2) is 8.42 Å². The van der Waals surface area contributed by atoms with E-state index in [-0.39, 0.29) is 5.75 Å². The van der Waals surface area contributed by atoms with Gasteiger partial charge in [0.1, 0.15) is 9.84 Å². The summed E-state index contributed by atoms with van der Waals surface area (Å²) in [4.78, 5) is 1.09.